The van der Waals surface area contributed by atoms with Crippen LogP contribution in [0.1, 0.15) is 34.0 Å². The molecule has 1 aliphatic heterocycles. The van der Waals surface area contributed by atoms with E-state index in [-0.39, 0.29) is 10.7 Å². The summed E-state index contributed by atoms with van der Waals surface area (Å²) >= 11 is 3.76. The number of carbonyl (C=O) groups excluding carboxylic acids is 1. The maximum absolute atomic E-state index is 11.4. The number of alkyl halides is 1. The Morgan fingerprint density at radius 3 is 2.55 bits per heavy atom. The van der Waals surface area contributed by atoms with E-state index in [4.69, 9.17) is 0 Å². The molecule has 1 unspecified atom stereocenters. The van der Waals surface area contributed by atoms with Gasteiger partial charge in [0.15, 0.2) is 0 Å². The predicted octanol–water partition coefficient (Wildman–Crippen LogP) is 4.23. The second-order valence-electron chi connectivity index (χ2n) is 5.10. The number of rotatable bonds is 3. The number of fused-ring (bicyclic) bond motifs is 1. The summed E-state index contributed by atoms with van der Waals surface area (Å²) in [5.74, 6) is 0.0792. The standard InChI is InChI=1S/C17H16BrNO/c1-2-11-3-5-12(6-4-11)17(18)13-7-8-15-14(9-13)10-16(20)19-15/h3-9,17H,2,10H2,1H3,(H,19,20). The lowest BCUT2D eigenvalue weighted by molar-refractivity contribution is -0.115. The van der Waals surface area contributed by atoms with Crippen molar-refractivity contribution in [2.45, 2.75) is 24.6 Å². The van der Waals surface area contributed by atoms with Crippen LogP contribution >= 0.6 is 15.9 Å². The van der Waals surface area contributed by atoms with Gasteiger partial charge in [0.05, 0.1) is 11.2 Å². The van der Waals surface area contributed by atoms with Gasteiger partial charge in [0.2, 0.25) is 5.91 Å². The zero-order valence-corrected chi connectivity index (χ0v) is 12.9. The van der Waals surface area contributed by atoms with Gasteiger partial charge in [-0.05, 0) is 34.7 Å². The number of hydrogen-bond donors (Lipinski definition) is 1. The fourth-order valence-corrected chi connectivity index (χ4v) is 3.11. The van der Waals surface area contributed by atoms with Gasteiger partial charge in [0.1, 0.15) is 0 Å². The summed E-state index contributed by atoms with van der Waals surface area (Å²) in [5.41, 5.74) is 5.79. The molecule has 0 bridgehead atoms. The molecule has 20 heavy (non-hydrogen) atoms. The molecule has 0 saturated heterocycles. The number of halogens is 1. The summed E-state index contributed by atoms with van der Waals surface area (Å²) in [7, 11) is 0. The van der Waals surface area contributed by atoms with Gasteiger partial charge in [-0.15, -0.1) is 0 Å². The molecule has 3 heteroatoms. The molecule has 0 aromatic heterocycles. The molecule has 0 spiro atoms. The largest absolute Gasteiger partial charge is 0.326 e. The number of benzene rings is 2. The molecule has 1 heterocycles. The van der Waals surface area contributed by atoms with E-state index in [1.807, 2.05) is 6.07 Å². The first-order valence-corrected chi connectivity index (χ1v) is 7.74. The molecule has 1 atom stereocenters. The number of amides is 1. The Kier molecular flexibility index (Phi) is 3.62. The fourth-order valence-electron chi connectivity index (χ4n) is 2.52. The van der Waals surface area contributed by atoms with Crippen LogP contribution in [-0.2, 0) is 17.6 Å². The highest BCUT2D eigenvalue weighted by atomic mass is 79.9. The van der Waals surface area contributed by atoms with Crippen LogP contribution in [0.15, 0.2) is 42.5 Å². The Bertz CT molecular complexity index is 649. The molecule has 3 rings (SSSR count). The van der Waals surface area contributed by atoms with Gasteiger partial charge < -0.3 is 5.32 Å². The van der Waals surface area contributed by atoms with Crippen LogP contribution < -0.4 is 5.32 Å². The van der Waals surface area contributed by atoms with Crippen molar-refractivity contribution in [3.8, 4) is 0 Å². The SMILES string of the molecule is CCc1ccc(C(Br)c2ccc3c(c2)CC(=O)N3)cc1. The highest BCUT2D eigenvalue weighted by molar-refractivity contribution is 9.09. The Labute approximate surface area is 127 Å². The first kappa shape index (κ1) is 13.4. The normalized spacial score (nSPS) is 14.8. The first-order chi connectivity index (χ1) is 9.67. The minimum Gasteiger partial charge on any atom is -0.326 e. The van der Waals surface area contributed by atoms with E-state index in [1.54, 1.807) is 0 Å². The van der Waals surface area contributed by atoms with Gasteiger partial charge in [-0.3, -0.25) is 4.79 Å². The van der Waals surface area contributed by atoms with E-state index in [9.17, 15) is 4.79 Å². The predicted molar refractivity (Wildman–Crippen MR) is 85.4 cm³/mol. The van der Waals surface area contributed by atoms with E-state index in [0.717, 1.165) is 17.7 Å². The maximum Gasteiger partial charge on any atom is 0.228 e. The van der Waals surface area contributed by atoms with Gasteiger partial charge >= 0.3 is 0 Å². The van der Waals surface area contributed by atoms with Crippen LogP contribution in [0, 0.1) is 0 Å². The third kappa shape index (κ3) is 2.50. The van der Waals surface area contributed by atoms with Crippen molar-refractivity contribution in [1.82, 2.24) is 0 Å². The average molecular weight is 330 g/mol. The number of aryl methyl sites for hydroxylation is 1. The monoisotopic (exact) mass is 329 g/mol. The van der Waals surface area contributed by atoms with Crippen molar-refractivity contribution in [2.24, 2.45) is 0 Å². The summed E-state index contributed by atoms with van der Waals surface area (Å²) in [5, 5.41) is 2.86. The number of carbonyl (C=O) groups is 1. The molecule has 2 aromatic rings. The molecular formula is C17H16BrNO. The van der Waals surface area contributed by atoms with Gasteiger partial charge in [-0.25, -0.2) is 0 Å². The lowest BCUT2D eigenvalue weighted by atomic mass is 10.00. The van der Waals surface area contributed by atoms with E-state index >= 15 is 0 Å². The van der Waals surface area contributed by atoms with Gasteiger partial charge in [0.25, 0.3) is 0 Å². The number of nitrogens with one attached hydrogen (secondary N) is 1. The van der Waals surface area contributed by atoms with Crippen molar-refractivity contribution < 1.29 is 4.79 Å². The van der Waals surface area contributed by atoms with Crippen molar-refractivity contribution in [2.75, 3.05) is 5.32 Å². The molecule has 0 saturated carbocycles. The minimum atomic E-state index is 0.0792. The molecule has 0 radical (unpaired) electrons. The Balaban J connectivity index is 1.88. The molecule has 2 nitrogen and oxygen atoms in total. The Hall–Kier alpha value is -1.61. The molecule has 1 amide bonds. The van der Waals surface area contributed by atoms with Crippen LogP contribution in [-0.4, -0.2) is 5.91 Å². The van der Waals surface area contributed by atoms with Crippen molar-refractivity contribution in [3.05, 3.63) is 64.7 Å². The minimum absolute atomic E-state index is 0.0792. The van der Waals surface area contributed by atoms with E-state index in [2.05, 4.69) is 64.6 Å². The summed E-state index contributed by atoms with van der Waals surface area (Å²) < 4.78 is 0. The van der Waals surface area contributed by atoms with Crippen LogP contribution in [0.2, 0.25) is 0 Å². The lowest BCUT2D eigenvalue weighted by Gasteiger charge is -2.12. The molecule has 0 aliphatic carbocycles. The van der Waals surface area contributed by atoms with Gasteiger partial charge in [-0.1, -0.05) is 59.3 Å². The smallest absolute Gasteiger partial charge is 0.228 e. The highest BCUT2D eigenvalue weighted by Gasteiger charge is 2.19. The quantitative estimate of drug-likeness (QED) is 0.839. The second kappa shape index (κ2) is 5.41. The van der Waals surface area contributed by atoms with Crippen molar-refractivity contribution in [1.29, 1.82) is 0 Å². The molecule has 1 aliphatic rings. The zero-order valence-electron chi connectivity index (χ0n) is 11.3. The van der Waals surface area contributed by atoms with E-state index in [1.165, 1.54) is 16.7 Å². The number of anilines is 1. The van der Waals surface area contributed by atoms with Gasteiger partial charge in [0, 0.05) is 5.69 Å². The third-order valence-electron chi connectivity index (χ3n) is 3.73. The van der Waals surface area contributed by atoms with Crippen LogP contribution in [0.5, 0.6) is 0 Å². The molecule has 1 N–H and O–H groups in total. The van der Waals surface area contributed by atoms with E-state index in [0.29, 0.717) is 6.42 Å². The average Bonchev–Trinajstić information content (AvgIpc) is 2.85. The Morgan fingerprint density at radius 1 is 1.15 bits per heavy atom. The van der Waals surface area contributed by atoms with Crippen LogP contribution in [0.25, 0.3) is 0 Å². The topological polar surface area (TPSA) is 29.1 Å². The van der Waals surface area contributed by atoms with Gasteiger partial charge in [-0.2, -0.15) is 0 Å². The lowest BCUT2D eigenvalue weighted by Crippen LogP contribution is -2.03. The first-order valence-electron chi connectivity index (χ1n) is 6.83. The highest BCUT2D eigenvalue weighted by Crippen LogP contribution is 2.34. The Morgan fingerprint density at radius 2 is 1.85 bits per heavy atom. The van der Waals surface area contributed by atoms with Crippen LogP contribution in [0.4, 0.5) is 5.69 Å². The number of hydrogen-bond acceptors (Lipinski definition) is 1. The molecular weight excluding hydrogens is 314 g/mol. The molecule has 0 fully saturated rings. The fraction of sp³-hybridized carbons (Fsp3) is 0.235. The van der Waals surface area contributed by atoms with Crippen molar-refractivity contribution >= 4 is 27.5 Å². The third-order valence-corrected chi connectivity index (χ3v) is 4.79. The van der Waals surface area contributed by atoms with E-state index < -0.39 is 0 Å². The summed E-state index contributed by atoms with van der Waals surface area (Å²) in [6.07, 6.45) is 1.54. The summed E-state index contributed by atoms with van der Waals surface area (Å²) in [4.78, 5) is 11.6. The molecule has 2 aromatic carbocycles. The summed E-state index contributed by atoms with van der Waals surface area (Å²) in [6.45, 7) is 2.16. The maximum atomic E-state index is 11.4. The van der Waals surface area contributed by atoms with Crippen molar-refractivity contribution in [3.63, 3.8) is 0 Å². The molecule has 102 valence electrons. The van der Waals surface area contributed by atoms with Crippen LogP contribution in [0.3, 0.4) is 0 Å². The second-order valence-corrected chi connectivity index (χ2v) is 6.01. The summed E-state index contributed by atoms with van der Waals surface area (Å²) in [6, 6.07) is 14.8. The zero-order chi connectivity index (χ0) is 14.1.